The van der Waals surface area contributed by atoms with Crippen LogP contribution in [0.25, 0.3) is 0 Å². The lowest BCUT2D eigenvalue weighted by atomic mass is 10.3. The standard InChI is InChI=1S/C12H13FN4O2/c1-18-7-11-15-10(17-14)6-12(16-11)19-9-4-2-3-8(13)5-9/h2-6H,7,14H2,1H3,(H,15,16,17). The molecule has 0 saturated heterocycles. The molecule has 1 aromatic carbocycles. The van der Waals surface area contributed by atoms with E-state index in [4.69, 9.17) is 15.3 Å². The minimum Gasteiger partial charge on any atom is -0.439 e. The molecule has 6 nitrogen and oxygen atoms in total. The van der Waals surface area contributed by atoms with Gasteiger partial charge in [-0.3, -0.25) is 0 Å². The topological polar surface area (TPSA) is 82.3 Å². The summed E-state index contributed by atoms with van der Waals surface area (Å²) in [5.74, 6) is 6.29. The average molecular weight is 264 g/mol. The molecule has 0 saturated carbocycles. The van der Waals surface area contributed by atoms with Crippen molar-refractivity contribution in [2.45, 2.75) is 6.61 Å². The van der Waals surface area contributed by atoms with Gasteiger partial charge >= 0.3 is 0 Å². The highest BCUT2D eigenvalue weighted by atomic mass is 19.1. The number of methoxy groups -OCH3 is 1. The molecule has 0 aliphatic rings. The SMILES string of the molecule is COCc1nc(NN)cc(Oc2cccc(F)c2)n1. The molecule has 3 N–H and O–H groups in total. The molecule has 1 aromatic heterocycles. The zero-order valence-electron chi connectivity index (χ0n) is 10.3. The number of nitrogens with two attached hydrogens (primary N) is 1. The number of benzene rings is 1. The third-order valence-corrected chi connectivity index (χ3v) is 2.19. The Morgan fingerprint density at radius 1 is 1.32 bits per heavy atom. The van der Waals surface area contributed by atoms with Crippen molar-refractivity contribution in [3.05, 3.63) is 42.0 Å². The molecule has 100 valence electrons. The van der Waals surface area contributed by atoms with E-state index in [1.54, 1.807) is 12.1 Å². The van der Waals surface area contributed by atoms with Gasteiger partial charge in [0.2, 0.25) is 5.88 Å². The van der Waals surface area contributed by atoms with Gasteiger partial charge < -0.3 is 14.9 Å². The van der Waals surface area contributed by atoms with E-state index < -0.39 is 0 Å². The normalized spacial score (nSPS) is 10.3. The molecule has 19 heavy (non-hydrogen) atoms. The van der Waals surface area contributed by atoms with Crippen molar-refractivity contribution in [2.75, 3.05) is 12.5 Å². The lowest BCUT2D eigenvalue weighted by Gasteiger charge is -2.08. The monoisotopic (exact) mass is 264 g/mol. The summed E-state index contributed by atoms with van der Waals surface area (Å²) in [6, 6.07) is 7.26. The van der Waals surface area contributed by atoms with Crippen LogP contribution in [0, 0.1) is 5.82 Å². The van der Waals surface area contributed by atoms with Crippen LogP contribution in [-0.2, 0) is 11.3 Å². The lowest BCUT2D eigenvalue weighted by Crippen LogP contribution is -2.11. The van der Waals surface area contributed by atoms with Gasteiger partial charge in [0.1, 0.15) is 24.0 Å². The van der Waals surface area contributed by atoms with E-state index in [0.717, 1.165) is 0 Å². The van der Waals surface area contributed by atoms with E-state index in [9.17, 15) is 4.39 Å². The van der Waals surface area contributed by atoms with E-state index >= 15 is 0 Å². The lowest BCUT2D eigenvalue weighted by molar-refractivity contribution is 0.177. The predicted octanol–water partition coefficient (Wildman–Crippen LogP) is 1.84. The van der Waals surface area contributed by atoms with E-state index in [0.29, 0.717) is 17.4 Å². The Bertz CT molecular complexity index is 565. The van der Waals surface area contributed by atoms with Crippen molar-refractivity contribution in [1.82, 2.24) is 9.97 Å². The number of aromatic nitrogens is 2. The van der Waals surface area contributed by atoms with Gasteiger partial charge in [-0.25, -0.2) is 15.2 Å². The number of hydrogen-bond donors (Lipinski definition) is 2. The quantitative estimate of drug-likeness (QED) is 0.633. The molecule has 0 aliphatic carbocycles. The average Bonchev–Trinajstić information content (AvgIpc) is 2.39. The number of hydrazine groups is 1. The Balaban J connectivity index is 2.26. The van der Waals surface area contributed by atoms with E-state index in [-0.39, 0.29) is 18.3 Å². The minimum atomic E-state index is -0.388. The highest BCUT2D eigenvalue weighted by Crippen LogP contribution is 2.22. The smallest absolute Gasteiger partial charge is 0.224 e. The summed E-state index contributed by atoms with van der Waals surface area (Å²) >= 11 is 0. The third kappa shape index (κ3) is 3.60. The number of halogens is 1. The number of nitrogen functional groups attached to an aromatic ring is 1. The maximum Gasteiger partial charge on any atom is 0.224 e. The number of nitrogens with zero attached hydrogens (tertiary/aromatic N) is 2. The van der Waals surface area contributed by atoms with Gasteiger partial charge in [-0.05, 0) is 12.1 Å². The van der Waals surface area contributed by atoms with Crippen molar-refractivity contribution < 1.29 is 13.9 Å². The Morgan fingerprint density at radius 3 is 2.84 bits per heavy atom. The van der Waals surface area contributed by atoms with Crippen LogP contribution in [0.2, 0.25) is 0 Å². The number of rotatable bonds is 5. The van der Waals surface area contributed by atoms with Crippen LogP contribution in [0.5, 0.6) is 11.6 Å². The van der Waals surface area contributed by atoms with Crippen LogP contribution >= 0.6 is 0 Å². The minimum absolute atomic E-state index is 0.217. The van der Waals surface area contributed by atoms with Gasteiger partial charge in [0, 0.05) is 19.2 Å². The number of nitrogens with one attached hydrogen (secondary N) is 1. The fraction of sp³-hybridized carbons (Fsp3) is 0.167. The fourth-order valence-corrected chi connectivity index (χ4v) is 1.44. The Kier molecular flexibility index (Phi) is 4.22. The molecule has 0 unspecified atom stereocenters. The van der Waals surface area contributed by atoms with Crippen LogP contribution in [0.1, 0.15) is 5.82 Å². The van der Waals surface area contributed by atoms with Gasteiger partial charge in [-0.1, -0.05) is 6.07 Å². The summed E-state index contributed by atoms with van der Waals surface area (Å²) in [7, 11) is 1.53. The summed E-state index contributed by atoms with van der Waals surface area (Å²) in [5.41, 5.74) is 2.40. The van der Waals surface area contributed by atoms with Gasteiger partial charge in [0.05, 0.1) is 0 Å². The molecule has 0 aliphatic heterocycles. The molecular formula is C12H13FN4O2. The van der Waals surface area contributed by atoms with Crippen molar-refractivity contribution in [1.29, 1.82) is 0 Å². The molecular weight excluding hydrogens is 251 g/mol. The highest BCUT2D eigenvalue weighted by molar-refractivity contribution is 5.38. The first-order chi connectivity index (χ1) is 9.21. The second-order valence-corrected chi connectivity index (χ2v) is 3.64. The summed E-state index contributed by atoms with van der Waals surface area (Å²) in [6.45, 7) is 0.217. The van der Waals surface area contributed by atoms with Gasteiger partial charge in [0.25, 0.3) is 0 Å². The maximum atomic E-state index is 13.1. The van der Waals surface area contributed by atoms with Gasteiger partial charge in [-0.2, -0.15) is 4.98 Å². The molecule has 2 aromatic rings. The first-order valence-electron chi connectivity index (χ1n) is 5.48. The molecule has 0 amide bonds. The second kappa shape index (κ2) is 6.07. The zero-order chi connectivity index (χ0) is 13.7. The Labute approximate surface area is 109 Å². The molecule has 0 radical (unpaired) electrons. The molecule has 0 bridgehead atoms. The van der Waals surface area contributed by atoms with Crippen LogP contribution in [-0.4, -0.2) is 17.1 Å². The van der Waals surface area contributed by atoms with Crippen LogP contribution < -0.4 is 16.0 Å². The molecule has 1 heterocycles. The van der Waals surface area contributed by atoms with Gasteiger partial charge in [-0.15, -0.1) is 0 Å². The number of ether oxygens (including phenoxy) is 2. The summed E-state index contributed by atoms with van der Waals surface area (Å²) in [5, 5.41) is 0. The molecule has 2 rings (SSSR count). The highest BCUT2D eigenvalue weighted by Gasteiger charge is 2.06. The van der Waals surface area contributed by atoms with E-state index in [2.05, 4.69) is 15.4 Å². The predicted molar refractivity (Wildman–Crippen MR) is 67.0 cm³/mol. The van der Waals surface area contributed by atoms with Crippen LogP contribution in [0.15, 0.2) is 30.3 Å². The van der Waals surface area contributed by atoms with Crippen LogP contribution in [0.3, 0.4) is 0 Å². The summed E-state index contributed by atoms with van der Waals surface area (Å²) < 4.78 is 23.4. The molecule has 0 fully saturated rings. The van der Waals surface area contributed by atoms with Crippen molar-refractivity contribution in [3.8, 4) is 11.6 Å². The van der Waals surface area contributed by atoms with Crippen molar-refractivity contribution in [2.24, 2.45) is 5.84 Å². The Hall–Kier alpha value is -2.25. The zero-order valence-corrected chi connectivity index (χ0v) is 10.3. The van der Waals surface area contributed by atoms with Crippen molar-refractivity contribution >= 4 is 5.82 Å². The number of anilines is 1. The summed E-state index contributed by atoms with van der Waals surface area (Å²) in [6.07, 6.45) is 0. The van der Waals surface area contributed by atoms with Crippen LogP contribution in [0.4, 0.5) is 10.2 Å². The first-order valence-corrected chi connectivity index (χ1v) is 5.48. The first kappa shape index (κ1) is 13.2. The number of hydrogen-bond acceptors (Lipinski definition) is 6. The van der Waals surface area contributed by atoms with E-state index in [1.165, 1.54) is 25.3 Å². The molecule has 0 spiro atoms. The van der Waals surface area contributed by atoms with E-state index in [1.807, 2.05) is 0 Å². The largest absolute Gasteiger partial charge is 0.439 e. The van der Waals surface area contributed by atoms with Crippen molar-refractivity contribution in [3.63, 3.8) is 0 Å². The Morgan fingerprint density at radius 2 is 2.16 bits per heavy atom. The fourth-order valence-electron chi connectivity index (χ4n) is 1.44. The maximum absolute atomic E-state index is 13.1. The third-order valence-electron chi connectivity index (χ3n) is 2.19. The molecule has 7 heteroatoms. The second-order valence-electron chi connectivity index (χ2n) is 3.64. The molecule has 0 atom stereocenters. The van der Waals surface area contributed by atoms with Gasteiger partial charge in [0.15, 0.2) is 5.82 Å². The summed E-state index contributed by atoms with van der Waals surface area (Å²) in [4.78, 5) is 8.19.